The lowest BCUT2D eigenvalue weighted by molar-refractivity contribution is 0.255. The summed E-state index contributed by atoms with van der Waals surface area (Å²) in [5, 5.41) is 3.51. The van der Waals surface area contributed by atoms with Gasteiger partial charge in [-0.25, -0.2) is 0 Å². The number of aliphatic imine (C=N–C) groups is 1. The fourth-order valence-corrected chi connectivity index (χ4v) is 3.85. The standard InChI is InChI=1S/C16H28N4OS.HI/c1-16(2)12-20(8-10-22-16)15(17-3)18-11-13(19(4)5)14-7-6-9-21-14;/h6-7,9,13H,8,10-12H2,1-5H3,(H,17,18);1H. The number of halogens is 1. The highest BCUT2D eigenvalue weighted by molar-refractivity contribution is 14.0. The lowest BCUT2D eigenvalue weighted by Gasteiger charge is -2.39. The first kappa shape index (κ1) is 20.6. The zero-order chi connectivity index (χ0) is 16.2. The lowest BCUT2D eigenvalue weighted by atomic mass is 10.2. The molecule has 1 fully saturated rings. The van der Waals surface area contributed by atoms with Gasteiger partial charge >= 0.3 is 0 Å². The number of rotatable bonds is 4. The van der Waals surface area contributed by atoms with Gasteiger partial charge in [0.25, 0.3) is 0 Å². The molecule has 7 heteroatoms. The first-order valence-electron chi connectivity index (χ1n) is 7.72. The molecule has 0 spiro atoms. The van der Waals surface area contributed by atoms with Gasteiger partial charge in [-0.05, 0) is 40.1 Å². The predicted molar refractivity (Wildman–Crippen MR) is 110 cm³/mol. The highest BCUT2D eigenvalue weighted by atomic mass is 127. The van der Waals surface area contributed by atoms with Crippen LogP contribution < -0.4 is 5.32 Å². The maximum Gasteiger partial charge on any atom is 0.193 e. The predicted octanol–water partition coefficient (Wildman–Crippen LogP) is 2.90. The smallest absolute Gasteiger partial charge is 0.193 e. The Hall–Kier alpha value is -0.410. The van der Waals surface area contributed by atoms with Crippen LogP contribution in [0.25, 0.3) is 0 Å². The number of nitrogens with one attached hydrogen (secondary N) is 1. The summed E-state index contributed by atoms with van der Waals surface area (Å²) < 4.78 is 5.84. The molecule has 1 saturated heterocycles. The maximum atomic E-state index is 5.56. The molecule has 2 heterocycles. The molecule has 5 nitrogen and oxygen atoms in total. The van der Waals surface area contributed by atoms with E-state index in [0.717, 1.165) is 37.1 Å². The Morgan fingerprint density at radius 1 is 1.52 bits per heavy atom. The van der Waals surface area contributed by atoms with Gasteiger partial charge in [0.15, 0.2) is 5.96 Å². The Kier molecular flexibility index (Phi) is 8.23. The van der Waals surface area contributed by atoms with Crippen molar-refractivity contribution >= 4 is 41.7 Å². The van der Waals surface area contributed by atoms with Crippen LogP contribution in [0.15, 0.2) is 27.8 Å². The molecule has 0 saturated carbocycles. The van der Waals surface area contributed by atoms with Gasteiger partial charge in [-0.15, -0.1) is 24.0 Å². The number of thioether (sulfide) groups is 1. The van der Waals surface area contributed by atoms with Crippen molar-refractivity contribution in [2.45, 2.75) is 24.6 Å². The van der Waals surface area contributed by atoms with Crippen molar-refractivity contribution in [1.29, 1.82) is 0 Å². The van der Waals surface area contributed by atoms with Crippen molar-refractivity contribution in [3.05, 3.63) is 24.2 Å². The fraction of sp³-hybridized carbons (Fsp3) is 0.688. The van der Waals surface area contributed by atoms with Crippen molar-refractivity contribution < 1.29 is 4.42 Å². The first-order chi connectivity index (χ1) is 10.4. The summed E-state index contributed by atoms with van der Waals surface area (Å²) in [7, 11) is 5.99. The van der Waals surface area contributed by atoms with Crippen LogP contribution in [0, 0.1) is 0 Å². The zero-order valence-corrected chi connectivity index (χ0v) is 17.9. The summed E-state index contributed by atoms with van der Waals surface area (Å²) >= 11 is 2.03. The average molecular weight is 452 g/mol. The van der Waals surface area contributed by atoms with E-state index in [1.807, 2.05) is 30.9 Å². The van der Waals surface area contributed by atoms with E-state index in [2.05, 4.69) is 48.1 Å². The second-order valence-corrected chi connectivity index (χ2v) is 8.25. The van der Waals surface area contributed by atoms with Gasteiger partial charge in [0.1, 0.15) is 5.76 Å². The molecule has 0 radical (unpaired) electrons. The number of nitrogens with zero attached hydrogens (tertiary/aromatic N) is 3. The zero-order valence-electron chi connectivity index (χ0n) is 14.7. The normalized spacial score (nSPS) is 19.4. The molecule has 132 valence electrons. The van der Waals surface area contributed by atoms with Gasteiger partial charge in [-0.2, -0.15) is 11.8 Å². The van der Waals surface area contributed by atoms with E-state index in [4.69, 9.17) is 4.42 Å². The number of furan rings is 1. The summed E-state index contributed by atoms with van der Waals surface area (Å²) in [4.78, 5) is 8.98. The molecule has 1 unspecified atom stereocenters. The quantitative estimate of drug-likeness (QED) is 0.433. The number of likely N-dealkylation sites (N-methyl/N-ethyl adjacent to an activating group) is 1. The van der Waals surface area contributed by atoms with E-state index < -0.39 is 0 Å². The molecule has 0 bridgehead atoms. The summed E-state index contributed by atoms with van der Waals surface area (Å²) in [6.45, 7) is 7.42. The summed E-state index contributed by atoms with van der Waals surface area (Å²) in [5.74, 6) is 3.09. The molecule has 2 rings (SSSR count). The molecule has 1 atom stereocenters. The molecule has 1 aromatic rings. The van der Waals surface area contributed by atoms with E-state index in [9.17, 15) is 0 Å². The third-order valence-electron chi connectivity index (χ3n) is 3.89. The van der Waals surface area contributed by atoms with E-state index >= 15 is 0 Å². The van der Waals surface area contributed by atoms with Crippen LogP contribution in [0.5, 0.6) is 0 Å². The van der Waals surface area contributed by atoms with Crippen molar-refractivity contribution in [3.8, 4) is 0 Å². The minimum Gasteiger partial charge on any atom is -0.468 e. The molecular formula is C16H29IN4OS. The van der Waals surface area contributed by atoms with Gasteiger partial charge < -0.3 is 14.6 Å². The molecule has 23 heavy (non-hydrogen) atoms. The Bertz CT molecular complexity index is 490. The third-order valence-corrected chi connectivity index (χ3v) is 5.18. The molecule has 0 aromatic carbocycles. The van der Waals surface area contributed by atoms with Gasteiger partial charge in [0, 0.05) is 37.2 Å². The number of hydrogen-bond acceptors (Lipinski definition) is 4. The van der Waals surface area contributed by atoms with Crippen LogP contribution in [0.1, 0.15) is 25.6 Å². The second-order valence-electron chi connectivity index (χ2n) is 6.45. The Labute approximate surface area is 161 Å². The SMILES string of the molecule is CN=C(NCC(c1ccco1)N(C)C)N1CCSC(C)(C)C1.I. The average Bonchev–Trinajstić information content (AvgIpc) is 2.96. The third kappa shape index (κ3) is 5.86. The van der Waals surface area contributed by atoms with Gasteiger partial charge in [0.2, 0.25) is 0 Å². The van der Waals surface area contributed by atoms with Crippen molar-refractivity contribution in [2.24, 2.45) is 4.99 Å². The van der Waals surface area contributed by atoms with Crippen molar-refractivity contribution in [2.75, 3.05) is 46.5 Å². The maximum absolute atomic E-state index is 5.56. The van der Waals surface area contributed by atoms with Gasteiger partial charge in [-0.3, -0.25) is 9.89 Å². The van der Waals surface area contributed by atoms with Crippen LogP contribution in [-0.4, -0.2) is 67.0 Å². The van der Waals surface area contributed by atoms with Gasteiger partial charge in [-0.1, -0.05) is 0 Å². The van der Waals surface area contributed by atoms with Crippen molar-refractivity contribution in [3.63, 3.8) is 0 Å². The minimum atomic E-state index is 0. The highest BCUT2D eigenvalue weighted by Crippen LogP contribution is 2.29. The van der Waals surface area contributed by atoms with E-state index in [0.29, 0.717) is 0 Å². The van der Waals surface area contributed by atoms with E-state index in [-0.39, 0.29) is 34.8 Å². The number of hydrogen-bond donors (Lipinski definition) is 1. The van der Waals surface area contributed by atoms with Gasteiger partial charge in [0.05, 0.1) is 12.3 Å². The summed E-state index contributed by atoms with van der Waals surface area (Å²) in [6, 6.07) is 4.15. The summed E-state index contributed by atoms with van der Waals surface area (Å²) in [6.07, 6.45) is 1.73. The molecule has 0 amide bonds. The monoisotopic (exact) mass is 452 g/mol. The first-order valence-corrected chi connectivity index (χ1v) is 8.71. The Morgan fingerprint density at radius 3 is 2.78 bits per heavy atom. The molecule has 1 aliphatic rings. The van der Waals surface area contributed by atoms with Crippen LogP contribution in [-0.2, 0) is 0 Å². The largest absolute Gasteiger partial charge is 0.468 e. The molecule has 1 aromatic heterocycles. The van der Waals surface area contributed by atoms with E-state index in [1.54, 1.807) is 6.26 Å². The Balaban J connectivity index is 0.00000264. The lowest BCUT2D eigenvalue weighted by Crippen LogP contribution is -2.52. The number of guanidine groups is 1. The van der Waals surface area contributed by atoms with Crippen LogP contribution in [0.4, 0.5) is 0 Å². The Morgan fingerprint density at radius 2 is 2.26 bits per heavy atom. The summed E-state index contributed by atoms with van der Waals surface area (Å²) in [5.41, 5.74) is 0. The molecule has 1 aliphatic heterocycles. The topological polar surface area (TPSA) is 44.0 Å². The molecule has 1 N–H and O–H groups in total. The minimum absolute atomic E-state index is 0. The molecular weight excluding hydrogens is 423 g/mol. The molecule has 0 aliphatic carbocycles. The van der Waals surface area contributed by atoms with Crippen LogP contribution in [0.3, 0.4) is 0 Å². The van der Waals surface area contributed by atoms with Crippen LogP contribution in [0.2, 0.25) is 0 Å². The highest BCUT2D eigenvalue weighted by Gasteiger charge is 2.29. The van der Waals surface area contributed by atoms with Crippen LogP contribution >= 0.6 is 35.7 Å². The van der Waals surface area contributed by atoms with E-state index in [1.165, 1.54) is 0 Å². The second kappa shape index (κ2) is 9.17. The fourth-order valence-electron chi connectivity index (χ4n) is 2.74. The van der Waals surface area contributed by atoms with Crippen molar-refractivity contribution in [1.82, 2.24) is 15.1 Å².